The molecule has 40 heavy (non-hydrogen) atoms. The molecule has 0 spiro atoms. The Morgan fingerprint density at radius 3 is 2.52 bits per heavy atom. The highest BCUT2D eigenvalue weighted by Crippen LogP contribution is 2.49. The van der Waals surface area contributed by atoms with Gasteiger partial charge in [-0.1, -0.05) is 101 Å². The first-order valence-electron chi connectivity index (χ1n) is 13.8. The number of fused-ring (bicyclic) bond motifs is 4. The van der Waals surface area contributed by atoms with Crippen LogP contribution in [0.5, 0.6) is 5.75 Å². The normalized spacial score (nSPS) is 19.4. The number of rotatable bonds is 6. The van der Waals surface area contributed by atoms with E-state index in [-0.39, 0.29) is 6.04 Å². The fraction of sp³-hybridized carbons (Fsp3) is 0.139. The highest BCUT2D eigenvalue weighted by molar-refractivity contribution is 9.10. The highest BCUT2D eigenvalue weighted by Gasteiger charge is 2.37. The summed E-state index contributed by atoms with van der Waals surface area (Å²) in [5, 5.41) is 6.11. The van der Waals surface area contributed by atoms with Crippen molar-refractivity contribution < 1.29 is 4.74 Å². The Hall–Kier alpha value is -4.15. The second kappa shape index (κ2) is 10.8. The molecule has 1 heterocycles. The van der Waals surface area contributed by atoms with Crippen molar-refractivity contribution in [3.8, 4) is 5.75 Å². The summed E-state index contributed by atoms with van der Waals surface area (Å²) in [7, 11) is 0. The topological polar surface area (TPSA) is 33.6 Å². The summed E-state index contributed by atoms with van der Waals surface area (Å²) in [6, 6.07) is 38.5. The van der Waals surface area contributed by atoms with Crippen molar-refractivity contribution in [2.45, 2.75) is 25.0 Å². The third kappa shape index (κ3) is 4.84. The molecule has 0 bridgehead atoms. The summed E-state index contributed by atoms with van der Waals surface area (Å²) in [5.41, 5.74) is 6.99. The molecule has 0 amide bonds. The Kier molecular flexibility index (Phi) is 6.70. The van der Waals surface area contributed by atoms with Gasteiger partial charge in [0.15, 0.2) is 0 Å². The first-order chi connectivity index (χ1) is 19.7. The summed E-state index contributed by atoms with van der Waals surface area (Å²) in [5.74, 6) is 1.83. The maximum absolute atomic E-state index is 6.31. The van der Waals surface area contributed by atoms with Gasteiger partial charge < -0.3 is 10.1 Å². The third-order valence-corrected chi connectivity index (χ3v) is 8.63. The van der Waals surface area contributed by atoms with Crippen LogP contribution in [-0.2, 0) is 6.61 Å². The molecule has 5 aromatic carbocycles. The number of hydrogen-bond donors (Lipinski definition) is 1. The Labute approximate surface area is 243 Å². The van der Waals surface area contributed by atoms with E-state index in [0.717, 1.165) is 38.8 Å². The first-order valence-corrected chi connectivity index (χ1v) is 14.6. The van der Waals surface area contributed by atoms with Crippen molar-refractivity contribution in [3.63, 3.8) is 0 Å². The maximum atomic E-state index is 6.31. The van der Waals surface area contributed by atoms with E-state index in [1.165, 1.54) is 22.2 Å². The average Bonchev–Trinajstić information content (AvgIpc) is 3.50. The minimum atomic E-state index is 0.282. The molecule has 0 fully saturated rings. The minimum Gasteiger partial charge on any atom is -0.488 e. The molecule has 3 atom stereocenters. The number of benzene rings is 5. The Balaban J connectivity index is 1.15. The fourth-order valence-corrected chi connectivity index (χ4v) is 6.32. The molecule has 196 valence electrons. The van der Waals surface area contributed by atoms with E-state index in [1.54, 1.807) is 0 Å². The molecular formula is C36H29BrN2O. The zero-order valence-corrected chi connectivity index (χ0v) is 23.6. The number of nitrogens with one attached hydrogen (secondary N) is 1. The van der Waals surface area contributed by atoms with E-state index < -0.39 is 0 Å². The summed E-state index contributed by atoms with van der Waals surface area (Å²) < 4.78 is 7.37. The van der Waals surface area contributed by atoms with Crippen LogP contribution in [0, 0.1) is 5.92 Å². The van der Waals surface area contributed by atoms with Gasteiger partial charge in [0.05, 0.1) is 11.7 Å². The molecule has 0 aromatic heterocycles. The lowest BCUT2D eigenvalue weighted by Gasteiger charge is -2.37. The van der Waals surface area contributed by atoms with Gasteiger partial charge in [-0.2, -0.15) is 0 Å². The number of para-hydroxylation sites is 1. The van der Waals surface area contributed by atoms with E-state index >= 15 is 0 Å². The molecule has 5 aromatic rings. The molecule has 1 aliphatic carbocycles. The van der Waals surface area contributed by atoms with Gasteiger partial charge in [0.2, 0.25) is 0 Å². The van der Waals surface area contributed by atoms with E-state index in [1.807, 2.05) is 24.4 Å². The summed E-state index contributed by atoms with van der Waals surface area (Å²) >= 11 is 3.50. The maximum Gasteiger partial charge on any atom is 0.129 e. The van der Waals surface area contributed by atoms with Gasteiger partial charge in [-0.05, 0) is 76.2 Å². The Morgan fingerprint density at radius 1 is 0.850 bits per heavy atom. The number of ether oxygens (including phenoxy) is 1. The van der Waals surface area contributed by atoms with Gasteiger partial charge in [0.25, 0.3) is 0 Å². The molecule has 1 N–H and O–H groups in total. The lowest BCUT2D eigenvalue weighted by Crippen LogP contribution is -2.28. The number of halogens is 1. The van der Waals surface area contributed by atoms with Gasteiger partial charge >= 0.3 is 0 Å². The van der Waals surface area contributed by atoms with Crippen LogP contribution in [0.2, 0.25) is 0 Å². The lowest BCUT2D eigenvalue weighted by atomic mass is 9.77. The monoisotopic (exact) mass is 584 g/mol. The van der Waals surface area contributed by atoms with Crippen LogP contribution >= 0.6 is 15.9 Å². The molecule has 7 rings (SSSR count). The van der Waals surface area contributed by atoms with Crippen molar-refractivity contribution in [2.24, 2.45) is 10.9 Å². The van der Waals surface area contributed by atoms with E-state index in [9.17, 15) is 0 Å². The molecule has 0 radical (unpaired) electrons. The zero-order chi connectivity index (χ0) is 26.9. The van der Waals surface area contributed by atoms with Crippen LogP contribution < -0.4 is 10.1 Å². The van der Waals surface area contributed by atoms with Crippen LogP contribution in [0.15, 0.2) is 131 Å². The first kappa shape index (κ1) is 24.9. The molecule has 0 saturated carbocycles. The zero-order valence-electron chi connectivity index (χ0n) is 22.0. The van der Waals surface area contributed by atoms with Crippen molar-refractivity contribution in [3.05, 3.63) is 148 Å². The summed E-state index contributed by atoms with van der Waals surface area (Å²) in [6.45, 7) is 0.496. The summed E-state index contributed by atoms with van der Waals surface area (Å²) in [4.78, 5) is 4.90. The fourth-order valence-electron chi connectivity index (χ4n) is 6.06. The number of nitrogens with zero attached hydrogens (tertiary/aromatic N) is 1. The highest BCUT2D eigenvalue weighted by atomic mass is 79.9. The van der Waals surface area contributed by atoms with Gasteiger partial charge in [0.1, 0.15) is 12.4 Å². The standard InChI is InChI=1S/C36H29BrN2O/c37-27-17-12-24(13-18-27)23-40-35-21-16-25-6-1-2-7-29(25)33(35)22-38-28-19-14-26(15-20-28)36-32-10-5-9-30(32)31-8-3-4-11-34(31)39-36/h1-9,11-22,30,32,36,39H,10,23H2/t30-,32+,36+/m1/s1. The number of allylic oxidation sites excluding steroid dienone is 2. The van der Waals surface area contributed by atoms with Crippen molar-refractivity contribution in [1.29, 1.82) is 0 Å². The largest absolute Gasteiger partial charge is 0.488 e. The van der Waals surface area contributed by atoms with Crippen molar-refractivity contribution >= 4 is 44.3 Å². The van der Waals surface area contributed by atoms with Gasteiger partial charge in [-0.25, -0.2) is 0 Å². The Morgan fingerprint density at radius 2 is 1.65 bits per heavy atom. The third-order valence-electron chi connectivity index (χ3n) is 8.11. The Bertz CT molecular complexity index is 1720. The average molecular weight is 586 g/mol. The van der Waals surface area contributed by atoms with Gasteiger partial charge in [0, 0.05) is 27.9 Å². The second-order valence-electron chi connectivity index (χ2n) is 10.5. The van der Waals surface area contributed by atoms with Crippen LogP contribution in [0.3, 0.4) is 0 Å². The minimum absolute atomic E-state index is 0.282. The van der Waals surface area contributed by atoms with E-state index in [0.29, 0.717) is 18.4 Å². The lowest BCUT2D eigenvalue weighted by molar-refractivity contribution is 0.306. The quantitative estimate of drug-likeness (QED) is 0.159. The number of anilines is 1. The molecule has 2 aliphatic rings. The van der Waals surface area contributed by atoms with Crippen LogP contribution in [-0.4, -0.2) is 6.21 Å². The predicted octanol–water partition coefficient (Wildman–Crippen LogP) is 9.76. The van der Waals surface area contributed by atoms with Crippen molar-refractivity contribution in [1.82, 2.24) is 0 Å². The van der Waals surface area contributed by atoms with E-state index in [4.69, 9.17) is 9.73 Å². The van der Waals surface area contributed by atoms with Crippen LogP contribution in [0.4, 0.5) is 11.4 Å². The molecule has 4 heteroatoms. The van der Waals surface area contributed by atoms with Gasteiger partial charge in [-0.3, -0.25) is 4.99 Å². The molecule has 0 saturated heterocycles. The number of hydrogen-bond acceptors (Lipinski definition) is 3. The van der Waals surface area contributed by atoms with E-state index in [2.05, 4.69) is 124 Å². The molecular weight excluding hydrogens is 556 g/mol. The van der Waals surface area contributed by atoms with Crippen molar-refractivity contribution in [2.75, 3.05) is 5.32 Å². The molecule has 1 aliphatic heterocycles. The van der Waals surface area contributed by atoms with Crippen LogP contribution in [0.1, 0.15) is 40.6 Å². The smallest absolute Gasteiger partial charge is 0.129 e. The van der Waals surface area contributed by atoms with Gasteiger partial charge in [-0.15, -0.1) is 0 Å². The number of aliphatic imine (C=N–C) groups is 1. The predicted molar refractivity (Wildman–Crippen MR) is 169 cm³/mol. The molecule has 0 unspecified atom stereocenters. The summed E-state index contributed by atoms with van der Waals surface area (Å²) in [6.07, 6.45) is 7.77. The molecule has 3 nitrogen and oxygen atoms in total. The second-order valence-corrected chi connectivity index (χ2v) is 11.4. The SMILES string of the molecule is Brc1ccc(COc2ccc3ccccc3c2C=Nc2ccc([C@@H]3Nc4ccccc4[C@H]4C=CC[C@@H]43)cc2)cc1. The van der Waals surface area contributed by atoms with Crippen LogP contribution in [0.25, 0.3) is 10.8 Å².